The first-order valence-corrected chi connectivity index (χ1v) is 5.86. The van der Waals surface area contributed by atoms with Gasteiger partial charge >= 0.3 is 5.97 Å². The molecule has 5 nitrogen and oxygen atoms in total. The number of aromatic nitrogens is 3. The van der Waals surface area contributed by atoms with Crippen molar-refractivity contribution in [2.75, 3.05) is 0 Å². The highest BCUT2D eigenvalue weighted by atomic mass is 19.1. The Balaban J connectivity index is 2.68. The third-order valence-corrected chi connectivity index (χ3v) is 2.56. The van der Waals surface area contributed by atoms with Gasteiger partial charge in [-0.1, -0.05) is 20.8 Å². The Morgan fingerprint density at radius 3 is 2.20 bits per heavy atom. The second-order valence-electron chi connectivity index (χ2n) is 5.35. The summed E-state index contributed by atoms with van der Waals surface area (Å²) >= 11 is 0. The Morgan fingerprint density at radius 2 is 1.75 bits per heavy atom. The van der Waals surface area contributed by atoms with Crippen LogP contribution in [-0.4, -0.2) is 25.8 Å². The summed E-state index contributed by atoms with van der Waals surface area (Å²) in [6.07, 6.45) is 0. The average Bonchev–Trinajstić information content (AvgIpc) is 2.71. The Bertz CT molecular complexity index is 654. The number of rotatable bonds is 2. The molecule has 0 atom stereocenters. The summed E-state index contributed by atoms with van der Waals surface area (Å²) in [5.74, 6) is -2.95. The van der Waals surface area contributed by atoms with Crippen molar-refractivity contribution in [2.45, 2.75) is 26.2 Å². The van der Waals surface area contributed by atoms with E-state index in [0.29, 0.717) is 5.82 Å². The SMILES string of the molecule is CC(C)(C)c1nc(C(=O)O)nn1-c1cc(F)cc(F)c1. The maximum absolute atomic E-state index is 13.3. The van der Waals surface area contributed by atoms with Crippen LogP contribution in [0.4, 0.5) is 8.78 Å². The fourth-order valence-corrected chi connectivity index (χ4v) is 1.73. The number of aromatic carboxylic acids is 1. The lowest BCUT2D eigenvalue weighted by atomic mass is 9.95. The number of hydrogen-bond donors (Lipinski definition) is 1. The van der Waals surface area contributed by atoms with E-state index in [1.165, 1.54) is 0 Å². The predicted octanol–water partition coefficient (Wildman–Crippen LogP) is 2.54. The van der Waals surface area contributed by atoms with Gasteiger partial charge in [-0.25, -0.2) is 23.2 Å². The number of carboxylic acids is 1. The van der Waals surface area contributed by atoms with Crippen LogP contribution in [0.25, 0.3) is 5.69 Å². The smallest absolute Gasteiger partial charge is 0.375 e. The quantitative estimate of drug-likeness (QED) is 0.918. The van der Waals surface area contributed by atoms with Crippen LogP contribution in [-0.2, 0) is 5.41 Å². The molecule has 1 N–H and O–H groups in total. The molecule has 0 spiro atoms. The van der Waals surface area contributed by atoms with Crippen LogP contribution < -0.4 is 0 Å². The number of hydrogen-bond acceptors (Lipinski definition) is 3. The zero-order valence-electron chi connectivity index (χ0n) is 11.2. The monoisotopic (exact) mass is 281 g/mol. The Morgan fingerprint density at radius 1 is 1.20 bits per heavy atom. The molecule has 2 rings (SSSR count). The summed E-state index contributed by atoms with van der Waals surface area (Å²) in [5, 5.41) is 12.8. The normalized spacial score (nSPS) is 11.7. The molecule has 2 aromatic rings. The highest BCUT2D eigenvalue weighted by Crippen LogP contribution is 2.24. The van der Waals surface area contributed by atoms with Gasteiger partial charge < -0.3 is 5.11 Å². The fraction of sp³-hybridized carbons (Fsp3) is 0.308. The first-order chi connectivity index (χ1) is 9.18. The van der Waals surface area contributed by atoms with Crippen molar-refractivity contribution in [3.8, 4) is 5.69 Å². The van der Waals surface area contributed by atoms with Gasteiger partial charge in [-0.15, -0.1) is 5.10 Å². The van der Waals surface area contributed by atoms with Crippen LogP contribution in [0, 0.1) is 11.6 Å². The molecule has 0 radical (unpaired) electrons. The number of halogens is 2. The molecule has 0 fully saturated rings. The van der Waals surface area contributed by atoms with Crippen molar-refractivity contribution >= 4 is 5.97 Å². The van der Waals surface area contributed by atoms with Crippen molar-refractivity contribution in [3.05, 3.63) is 41.5 Å². The van der Waals surface area contributed by atoms with Crippen molar-refractivity contribution in [1.29, 1.82) is 0 Å². The fourth-order valence-electron chi connectivity index (χ4n) is 1.73. The number of carbonyl (C=O) groups is 1. The van der Waals surface area contributed by atoms with Crippen molar-refractivity contribution < 1.29 is 18.7 Å². The first kappa shape index (κ1) is 14.1. The molecule has 0 aliphatic rings. The molecule has 7 heteroatoms. The summed E-state index contributed by atoms with van der Waals surface area (Å²) in [7, 11) is 0. The minimum atomic E-state index is -1.30. The van der Waals surface area contributed by atoms with Crippen molar-refractivity contribution in [1.82, 2.24) is 14.8 Å². The second-order valence-corrected chi connectivity index (χ2v) is 5.35. The van der Waals surface area contributed by atoms with E-state index in [-0.39, 0.29) is 5.69 Å². The summed E-state index contributed by atoms with van der Waals surface area (Å²) in [5.41, 5.74) is -0.448. The molecular formula is C13H13F2N3O2. The van der Waals surface area contributed by atoms with Crippen LogP contribution in [0.15, 0.2) is 18.2 Å². The van der Waals surface area contributed by atoms with E-state index in [0.717, 1.165) is 22.9 Å². The van der Waals surface area contributed by atoms with Gasteiger partial charge in [0.15, 0.2) is 0 Å². The van der Waals surface area contributed by atoms with E-state index in [2.05, 4.69) is 10.1 Å². The molecular weight excluding hydrogens is 268 g/mol. The average molecular weight is 281 g/mol. The Labute approximate surface area is 113 Å². The molecule has 1 aromatic carbocycles. The maximum Gasteiger partial charge on any atom is 0.375 e. The first-order valence-electron chi connectivity index (χ1n) is 5.86. The van der Waals surface area contributed by atoms with Gasteiger partial charge in [-0.05, 0) is 12.1 Å². The Hall–Kier alpha value is -2.31. The van der Waals surface area contributed by atoms with Crippen LogP contribution in [0.5, 0.6) is 0 Å². The third-order valence-electron chi connectivity index (χ3n) is 2.56. The highest BCUT2D eigenvalue weighted by molar-refractivity contribution is 5.83. The summed E-state index contributed by atoms with van der Waals surface area (Å²) in [6.45, 7) is 5.40. The number of benzene rings is 1. The predicted molar refractivity (Wildman–Crippen MR) is 66.9 cm³/mol. The third kappa shape index (κ3) is 2.66. The molecule has 0 aliphatic heterocycles. The highest BCUT2D eigenvalue weighted by Gasteiger charge is 2.26. The zero-order valence-corrected chi connectivity index (χ0v) is 11.2. The van der Waals surface area contributed by atoms with E-state index in [1.807, 2.05) is 0 Å². The van der Waals surface area contributed by atoms with Crippen molar-refractivity contribution in [2.24, 2.45) is 0 Å². The molecule has 0 aliphatic carbocycles. The zero-order chi connectivity index (χ0) is 15.1. The molecule has 0 saturated carbocycles. The molecule has 106 valence electrons. The van der Waals surface area contributed by atoms with E-state index in [1.54, 1.807) is 20.8 Å². The van der Waals surface area contributed by atoms with Gasteiger partial charge in [0.05, 0.1) is 5.69 Å². The van der Waals surface area contributed by atoms with Gasteiger partial charge in [0.2, 0.25) is 0 Å². The van der Waals surface area contributed by atoms with Crippen LogP contribution >= 0.6 is 0 Å². The van der Waals surface area contributed by atoms with E-state index in [4.69, 9.17) is 5.11 Å². The molecule has 1 aromatic heterocycles. The summed E-state index contributed by atoms with van der Waals surface area (Å²) < 4.78 is 27.7. The number of nitrogens with zero attached hydrogens (tertiary/aromatic N) is 3. The van der Waals surface area contributed by atoms with Crippen LogP contribution in [0.3, 0.4) is 0 Å². The number of carboxylic acid groups (broad SMARTS) is 1. The molecule has 20 heavy (non-hydrogen) atoms. The lowest BCUT2D eigenvalue weighted by Crippen LogP contribution is -2.19. The van der Waals surface area contributed by atoms with Gasteiger partial charge in [0, 0.05) is 11.5 Å². The van der Waals surface area contributed by atoms with Crippen molar-refractivity contribution in [3.63, 3.8) is 0 Å². The maximum atomic E-state index is 13.3. The minimum absolute atomic E-state index is 0.0902. The largest absolute Gasteiger partial charge is 0.475 e. The lowest BCUT2D eigenvalue weighted by Gasteiger charge is -2.18. The topological polar surface area (TPSA) is 68.0 Å². The summed E-state index contributed by atoms with van der Waals surface area (Å²) in [6, 6.07) is 2.87. The van der Waals surface area contributed by atoms with E-state index >= 15 is 0 Å². The second kappa shape index (κ2) is 4.66. The molecule has 1 heterocycles. The molecule has 0 unspecified atom stereocenters. The molecule has 0 amide bonds. The lowest BCUT2D eigenvalue weighted by molar-refractivity contribution is 0.0683. The standard InChI is InChI=1S/C13H13F2N3O2/c1-13(2,3)12-16-10(11(19)20)17-18(12)9-5-7(14)4-8(15)6-9/h4-6H,1-3H3,(H,19,20). The van der Waals surface area contributed by atoms with Gasteiger partial charge in [0.25, 0.3) is 5.82 Å². The van der Waals surface area contributed by atoms with Crippen LogP contribution in [0.1, 0.15) is 37.2 Å². The van der Waals surface area contributed by atoms with E-state index in [9.17, 15) is 13.6 Å². The molecule has 0 bridgehead atoms. The van der Waals surface area contributed by atoms with E-state index < -0.39 is 28.8 Å². The van der Waals surface area contributed by atoms with Crippen LogP contribution in [0.2, 0.25) is 0 Å². The van der Waals surface area contributed by atoms with Gasteiger partial charge in [-0.3, -0.25) is 0 Å². The summed E-state index contributed by atoms with van der Waals surface area (Å²) in [4.78, 5) is 14.9. The Kier molecular flexibility index (Phi) is 3.29. The molecule has 0 saturated heterocycles. The van der Waals surface area contributed by atoms with Gasteiger partial charge in [0.1, 0.15) is 17.5 Å². The van der Waals surface area contributed by atoms with Gasteiger partial charge in [-0.2, -0.15) is 0 Å². The minimum Gasteiger partial charge on any atom is -0.475 e.